The van der Waals surface area contributed by atoms with Crippen molar-refractivity contribution in [1.29, 1.82) is 0 Å². The van der Waals surface area contributed by atoms with Crippen LogP contribution >= 0.6 is 0 Å². The van der Waals surface area contributed by atoms with Gasteiger partial charge >= 0.3 is 0 Å². The van der Waals surface area contributed by atoms with Crippen molar-refractivity contribution < 1.29 is 14.3 Å². The largest absolute Gasteiger partial charge is 0.473 e. The van der Waals surface area contributed by atoms with Crippen LogP contribution in [0.4, 0.5) is 0 Å². The van der Waals surface area contributed by atoms with Crippen LogP contribution in [0.2, 0.25) is 0 Å². The molecule has 2 heterocycles. The second-order valence-electron chi connectivity index (χ2n) is 7.66. The molecule has 6 heteroatoms. The van der Waals surface area contributed by atoms with Crippen LogP contribution in [0.1, 0.15) is 42.6 Å². The number of hydrogen-bond acceptors (Lipinski definition) is 5. The summed E-state index contributed by atoms with van der Waals surface area (Å²) in [4.78, 5) is 19.5. The summed E-state index contributed by atoms with van der Waals surface area (Å²) in [6.45, 7) is 8.87. The average Bonchev–Trinajstić information content (AvgIpc) is 2.81. The minimum Gasteiger partial charge on any atom is -0.473 e. The van der Waals surface area contributed by atoms with Gasteiger partial charge in [-0.1, -0.05) is 57.0 Å². The Bertz CT molecular complexity index is 774. The number of rotatable bonds is 10. The van der Waals surface area contributed by atoms with Crippen molar-refractivity contribution in [3.63, 3.8) is 0 Å². The maximum absolute atomic E-state index is 12.8. The Kier molecular flexibility index (Phi) is 8.66. The summed E-state index contributed by atoms with van der Waals surface area (Å²) < 4.78 is 11.3. The van der Waals surface area contributed by atoms with E-state index >= 15 is 0 Å². The highest BCUT2D eigenvalue weighted by Gasteiger charge is 2.27. The van der Waals surface area contributed by atoms with E-state index in [-0.39, 0.29) is 5.91 Å². The van der Waals surface area contributed by atoms with E-state index in [0.29, 0.717) is 36.6 Å². The predicted molar refractivity (Wildman–Crippen MR) is 118 cm³/mol. The van der Waals surface area contributed by atoms with E-state index in [4.69, 9.17) is 9.47 Å². The van der Waals surface area contributed by atoms with Gasteiger partial charge in [-0.15, -0.1) is 0 Å². The van der Waals surface area contributed by atoms with Crippen LogP contribution in [0.3, 0.4) is 0 Å². The zero-order valence-electron chi connectivity index (χ0n) is 18.0. The quantitative estimate of drug-likeness (QED) is 0.648. The Morgan fingerprint density at radius 3 is 2.60 bits per heavy atom. The number of hydrogen-bond donors (Lipinski definition) is 1. The van der Waals surface area contributed by atoms with Crippen molar-refractivity contribution in [3.05, 3.63) is 59.8 Å². The molecule has 1 amide bonds. The lowest BCUT2D eigenvalue weighted by atomic mass is 9.92. The molecule has 0 saturated carbocycles. The third-order valence-electron chi connectivity index (χ3n) is 5.81. The van der Waals surface area contributed by atoms with Gasteiger partial charge in [-0.3, -0.25) is 9.69 Å². The predicted octanol–water partition coefficient (Wildman–Crippen LogP) is 3.53. The minimum absolute atomic E-state index is 0.0915. The molecule has 30 heavy (non-hydrogen) atoms. The number of carbonyl (C=O) groups is 1. The minimum atomic E-state index is -0.0915. The number of benzene rings is 1. The molecule has 0 spiro atoms. The molecular weight excluding hydrogens is 378 g/mol. The van der Waals surface area contributed by atoms with Crippen molar-refractivity contribution in [2.24, 2.45) is 5.92 Å². The van der Waals surface area contributed by atoms with E-state index in [0.717, 1.165) is 44.7 Å². The molecule has 0 radical (unpaired) electrons. The first-order valence-electron chi connectivity index (χ1n) is 10.9. The Morgan fingerprint density at radius 1 is 1.17 bits per heavy atom. The van der Waals surface area contributed by atoms with Crippen LogP contribution in [0, 0.1) is 5.92 Å². The van der Waals surface area contributed by atoms with Gasteiger partial charge in [0.25, 0.3) is 5.91 Å². The second kappa shape index (κ2) is 11.7. The van der Waals surface area contributed by atoms with E-state index in [1.54, 1.807) is 18.3 Å². The fraction of sp³-hybridized carbons (Fsp3) is 0.500. The number of carbonyl (C=O) groups excluding carboxylic acids is 1. The summed E-state index contributed by atoms with van der Waals surface area (Å²) in [5.41, 5.74) is 1.63. The SMILES string of the molecule is CCC(CC)C(CNC(=O)c1ccnc(OCc2ccccc2)c1)N1CCOCC1. The molecule has 1 fully saturated rings. The molecule has 0 bridgehead atoms. The van der Waals surface area contributed by atoms with Gasteiger partial charge in [0.15, 0.2) is 0 Å². The van der Waals surface area contributed by atoms with E-state index in [2.05, 4.69) is 29.0 Å². The molecule has 2 aromatic rings. The molecule has 0 aliphatic carbocycles. The van der Waals surface area contributed by atoms with Crippen LogP contribution in [0.25, 0.3) is 0 Å². The molecule has 1 aliphatic rings. The van der Waals surface area contributed by atoms with Gasteiger partial charge in [-0.25, -0.2) is 4.98 Å². The maximum Gasteiger partial charge on any atom is 0.251 e. The van der Waals surface area contributed by atoms with Gasteiger partial charge in [0.2, 0.25) is 5.88 Å². The van der Waals surface area contributed by atoms with Gasteiger partial charge in [-0.05, 0) is 17.5 Å². The number of pyridine rings is 1. The van der Waals surface area contributed by atoms with Crippen LogP contribution < -0.4 is 10.1 Å². The Balaban J connectivity index is 1.59. The van der Waals surface area contributed by atoms with E-state index < -0.39 is 0 Å². The van der Waals surface area contributed by atoms with Crippen molar-refractivity contribution >= 4 is 5.91 Å². The smallest absolute Gasteiger partial charge is 0.251 e. The Labute approximate surface area is 179 Å². The summed E-state index contributed by atoms with van der Waals surface area (Å²) in [6.07, 6.45) is 3.82. The number of morpholine rings is 1. The number of aromatic nitrogens is 1. The number of ether oxygens (including phenoxy) is 2. The van der Waals surface area contributed by atoms with E-state index in [1.165, 1.54) is 0 Å². The van der Waals surface area contributed by atoms with Crippen molar-refractivity contribution in [2.45, 2.75) is 39.3 Å². The van der Waals surface area contributed by atoms with Crippen LogP contribution in [-0.4, -0.2) is 54.7 Å². The number of nitrogens with zero attached hydrogens (tertiary/aromatic N) is 2. The third-order valence-corrected chi connectivity index (χ3v) is 5.81. The Hall–Kier alpha value is -2.44. The van der Waals surface area contributed by atoms with Crippen LogP contribution in [-0.2, 0) is 11.3 Å². The molecule has 1 aromatic heterocycles. The fourth-order valence-corrected chi connectivity index (χ4v) is 4.00. The van der Waals surface area contributed by atoms with Crippen molar-refractivity contribution in [3.8, 4) is 5.88 Å². The summed E-state index contributed by atoms with van der Waals surface area (Å²) in [6, 6.07) is 13.7. The zero-order valence-corrected chi connectivity index (χ0v) is 18.0. The van der Waals surface area contributed by atoms with Gasteiger partial charge < -0.3 is 14.8 Å². The van der Waals surface area contributed by atoms with Crippen molar-refractivity contribution in [2.75, 3.05) is 32.8 Å². The molecule has 1 aliphatic heterocycles. The average molecular weight is 412 g/mol. The van der Waals surface area contributed by atoms with Gasteiger partial charge in [-0.2, -0.15) is 0 Å². The molecule has 1 unspecified atom stereocenters. The molecule has 1 N–H and O–H groups in total. The number of nitrogens with one attached hydrogen (secondary N) is 1. The second-order valence-corrected chi connectivity index (χ2v) is 7.66. The van der Waals surface area contributed by atoms with Gasteiger partial charge in [0.1, 0.15) is 6.61 Å². The van der Waals surface area contributed by atoms with Gasteiger partial charge in [0.05, 0.1) is 13.2 Å². The summed E-state index contributed by atoms with van der Waals surface area (Å²) in [7, 11) is 0. The normalized spacial score (nSPS) is 15.7. The van der Waals surface area contributed by atoms with Crippen LogP contribution in [0.5, 0.6) is 5.88 Å². The van der Waals surface area contributed by atoms with E-state index in [1.807, 2.05) is 30.3 Å². The first-order chi connectivity index (χ1) is 14.7. The summed E-state index contributed by atoms with van der Waals surface area (Å²) in [5.74, 6) is 0.910. The summed E-state index contributed by atoms with van der Waals surface area (Å²) in [5, 5.41) is 3.14. The molecular formula is C24H33N3O3. The number of amides is 1. The first kappa shape index (κ1) is 22.2. The standard InChI is InChI=1S/C24H33N3O3/c1-3-20(4-2)22(27-12-14-29-15-13-27)17-26-24(28)21-10-11-25-23(16-21)30-18-19-8-6-5-7-9-19/h5-11,16,20,22H,3-4,12-15,17-18H2,1-2H3,(H,26,28). The fourth-order valence-electron chi connectivity index (χ4n) is 4.00. The first-order valence-corrected chi connectivity index (χ1v) is 10.9. The highest BCUT2D eigenvalue weighted by atomic mass is 16.5. The molecule has 162 valence electrons. The highest BCUT2D eigenvalue weighted by molar-refractivity contribution is 5.94. The molecule has 3 rings (SSSR count). The molecule has 1 aromatic carbocycles. The van der Waals surface area contributed by atoms with E-state index in [9.17, 15) is 4.79 Å². The van der Waals surface area contributed by atoms with Crippen molar-refractivity contribution in [1.82, 2.24) is 15.2 Å². The lowest BCUT2D eigenvalue weighted by Gasteiger charge is -2.38. The monoisotopic (exact) mass is 411 g/mol. The molecule has 1 atom stereocenters. The molecule has 1 saturated heterocycles. The maximum atomic E-state index is 12.8. The summed E-state index contributed by atoms with van der Waals surface area (Å²) >= 11 is 0. The topological polar surface area (TPSA) is 63.7 Å². The lowest BCUT2D eigenvalue weighted by Crippen LogP contribution is -2.52. The highest BCUT2D eigenvalue weighted by Crippen LogP contribution is 2.20. The van der Waals surface area contributed by atoms with Gasteiger partial charge in [0, 0.05) is 43.5 Å². The Morgan fingerprint density at radius 2 is 1.90 bits per heavy atom. The zero-order chi connectivity index (χ0) is 21.2. The lowest BCUT2D eigenvalue weighted by molar-refractivity contribution is 0.00191. The van der Waals surface area contributed by atoms with Crippen LogP contribution in [0.15, 0.2) is 48.7 Å². The molecule has 6 nitrogen and oxygen atoms in total. The third kappa shape index (κ3) is 6.28.